The van der Waals surface area contributed by atoms with Gasteiger partial charge in [0.25, 0.3) is 0 Å². The van der Waals surface area contributed by atoms with Crippen LogP contribution in [0.5, 0.6) is 0 Å². The van der Waals surface area contributed by atoms with Crippen molar-refractivity contribution in [2.75, 3.05) is 6.54 Å². The van der Waals surface area contributed by atoms with Crippen molar-refractivity contribution in [3.05, 3.63) is 33.9 Å². The van der Waals surface area contributed by atoms with Gasteiger partial charge in [-0.05, 0) is 49.9 Å². The van der Waals surface area contributed by atoms with Gasteiger partial charge in [0.05, 0.1) is 0 Å². The molecule has 0 saturated heterocycles. The third-order valence-corrected chi connectivity index (χ3v) is 3.72. The molecule has 94 valence electrons. The Labute approximate surface area is 104 Å². The Kier molecular flexibility index (Phi) is 3.78. The highest BCUT2D eigenvalue weighted by atomic mass is 16.1. The standard InChI is InChI=1S/C15H23NO/c1-9-7-10(2)12(4)13(11(9)3)14(17)15(5,6)8-16/h7H,8,16H2,1-6H3. The van der Waals surface area contributed by atoms with E-state index in [0.29, 0.717) is 6.54 Å². The lowest BCUT2D eigenvalue weighted by Gasteiger charge is -2.24. The Balaban J connectivity index is 3.47. The number of carbonyl (C=O) groups excluding carboxylic acids is 1. The van der Waals surface area contributed by atoms with E-state index in [1.54, 1.807) is 0 Å². The van der Waals surface area contributed by atoms with Crippen LogP contribution < -0.4 is 5.73 Å². The average Bonchev–Trinajstić information content (AvgIpc) is 2.26. The van der Waals surface area contributed by atoms with E-state index in [1.165, 1.54) is 11.1 Å². The normalized spacial score (nSPS) is 11.7. The van der Waals surface area contributed by atoms with Gasteiger partial charge in [0, 0.05) is 17.5 Å². The lowest BCUT2D eigenvalue weighted by molar-refractivity contribution is 0.0846. The van der Waals surface area contributed by atoms with E-state index < -0.39 is 5.41 Å². The van der Waals surface area contributed by atoms with E-state index in [0.717, 1.165) is 16.7 Å². The van der Waals surface area contributed by atoms with Crippen molar-refractivity contribution in [2.24, 2.45) is 11.1 Å². The molecule has 0 aliphatic heterocycles. The first-order valence-electron chi connectivity index (χ1n) is 6.04. The molecule has 0 spiro atoms. The summed E-state index contributed by atoms with van der Waals surface area (Å²) in [5.41, 5.74) is 10.6. The molecule has 0 unspecified atom stereocenters. The van der Waals surface area contributed by atoms with Crippen molar-refractivity contribution in [2.45, 2.75) is 41.5 Å². The summed E-state index contributed by atoms with van der Waals surface area (Å²) in [6.45, 7) is 12.3. The van der Waals surface area contributed by atoms with Gasteiger partial charge in [-0.3, -0.25) is 4.79 Å². The number of aryl methyl sites for hydroxylation is 2. The minimum atomic E-state index is -0.490. The van der Waals surface area contributed by atoms with Gasteiger partial charge >= 0.3 is 0 Å². The summed E-state index contributed by atoms with van der Waals surface area (Å²) in [7, 11) is 0. The molecule has 2 N–H and O–H groups in total. The van der Waals surface area contributed by atoms with Crippen LogP contribution in [0.2, 0.25) is 0 Å². The van der Waals surface area contributed by atoms with E-state index in [1.807, 2.05) is 41.5 Å². The van der Waals surface area contributed by atoms with Gasteiger partial charge in [-0.1, -0.05) is 19.9 Å². The zero-order valence-corrected chi connectivity index (χ0v) is 11.8. The predicted molar refractivity (Wildman–Crippen MR) is 72.6 cm³/mol. The van der Waals surface area contributed by atoms with Crippen LogP contribution in [-0.4, -0.2) is 12.3 Å². The maximum atomic E-state index is 12.6. The summed E-state index contributed by atoms with van der Waals surface area (Å²) in [4.78, 5) is 12.6. The molecule has 0 heterocycles. The van der Waals surface area contributed by atoms with Crippen LogP contribution in [0, 0.1) is 33.1 Å². The molecule has 0 fully saturated rings. The highest BCUT2D eigenvalue weighted by Crippen LogP contribution is 2.28. The first-order valence-corrected chi connectivity index (χ1v) is 6.04. The summed E-state index contributed by atoms with van der Waals surface area (Å²) in [6, 6.07) is 2.14. The number of Topliss-reactive ketones (excluding diaryl/α,β-unsaturated/α-hetero) is 1. The second kappa shape index (κ2) is 4.61. The van der Waals surface area contributed by atoms with Crippen LogP contribution >= 0.6 is 0 Å². The number of carbonyl (C=O) groups is 1. The van der Waals surface area contributed by atoms with Crippen molar-refractivity contribution in [1.29, 1.82) is 0 Å². The van der Waals surface area contributed by atoms with Gasteiger partial charge < -0.3 is 5.73 Å². The predicted octanol–water partition coefficient (Wildman–Crippen LogP) is 3.09. The van der Waals surface area contributed by atoms with Crippen molar-refractivity contribution in [1.82, 2.24) is 0 Å². The van der Waals surface area contributed by atoms with Crippen LogP contribution in [-0.2, 0) is 0 Å². The van der Waals surface area contributed by atoms with E-state index in [2.05, 4.69) is 6.07 Å². The quantitative estimate of drug-likeness (QED) is 0.815. The topological polar surface area (TPSA) is 43.1 Å². The minimum Gasteiger partial charge on any atom is -0.329 e. The molecule has 0 aliphatic carbocycles. The fraction of sp³-hybridized carbons (Fsp3) is 0.533. The number of benzene rings is 1. The molecule has 0 bridgehead atoms. The second-order valence-corrected chi connectivity index (χ2v) is 5.55. The lowest BCUT2D eigenvalue weighted by Crippen LogP contribution is -2.33. The van der Waals surface area contributed by atoms with Crippen LogP contribution in [0.15, 0.2) is 6.07 Å². The second-order valence-electron chi connectivity index (χ2n) is 5.55. The molecule has 1 rings (SSSR count). The average molecular weight is 233 g/mol. The molecule has 1 aromatic rings. The van der Waals surface area contributed by atoms with Gasteiger partial charge in [-0.25, -0.2) is 0 Å². The Morgan fingerprint density at radius 1 is 1.12 bits per heavy atom. The maximum absolute atomic E-state index is 12.6. The number of nitrogens with two attached hydrogens (primary N) is 1. The van der Waals surface area contributed by atoms with Gasteiger partial charge in [0.1, 0.15) is 0 Å². The highest BCUT2D eigenvalue weighted by molar-refractivity contribution is 6.03. The molecule has 0 amide bonds. The van der Waals surface area contributed by atoms with Crippen molar-refractivity contribution in [3.63, 3.8) is 0 Å². The Morgan fingerprint density at radius 3 is 1.88 bits per heavy atom. The number of ketones is 1. The summed E-state index contributed by atoms with van der Waals surface area (Å²) in [5, 5.41) is 0. The van der Waals surface area contributed by atoms with Crippen LogP contribution in [0.1, 0.15) is 46.5 Å². The molecule has 0 aliphatic rings. The van der Waals surface area contributed by atoms with Gasteiger partial charge in [0.15, 0.2) is 5.78 Å². The van der Waals surface area contributed by atoms with Crippen LogP contribution in [0.3, 0.4) is 0 Å². The third kappa shape index (κ3) is 2.42. The molecule has 2 heteroatoms. The largest absolute Gasteiger partial charge is 0.329 e. The minimum absolute atomic E-state index is 0.154. The molecule has 0 aromatic heterocycles. The Hall–Kier alpha value is -1.15. The highest BCUT2D eigenvalue weighted by Gasteiger charge is 2.29. The monoisotopic (exact) mass is 233 g/mol. The summed E-state index contributed by atoms with van der Waals surface area (Å²) >= 11 is 0. The molecule has 17 heavy (non-hydrogen) atoms. The number of hydrogen-bond donors (Lipinski definition) is 1. The third-order valence-electron chi connectivity index (χ3n) is 3.72. The maximum Gasteiger partial charge on any atom is 0.170 e. The zero-order valence-electron chi connectivity index (χ0n) is 11.8. The first kappa shape index (κ1) is 13.9. The van der Waals surface area contributed by atoms with E-state index in [-0.39, 0.29) is 5.78 Å². The molecule has 1 aromatic carbocycles. The summed E-state index contributed by atoms with van der Waals surface area (Å²) in [6.07, 6.45) is 0. The van der Waals surface area contributed by atoms with Gasteiger partial charge in [-0.15, -0.1) is 0 Å². The molecule has 0 radical (unpaired) electrons. The molecule has 2 nitrogen and oxygen atoms in total. The van der Waals surface area contributed by atoms with Crippen molar-refractivity contribution >= 4 is 5.78 Å². The fourth-order valence-electron chi connectivity index (χ4n) is 1.99. The van der Waals surface area contributed by atoms with Crippen molar-refractivity contribution in [3.8, 4) is 0 Å². The van der Waals surface area contributed by atoms with Crippen molar-refractivity contribution < 1.29 is 4.79 Å². The van der Waals surface area contributed by atoms with Gasteiger partial charge in [-0.2, -0.15) is 0 Å². The smallest absolute Gasteiger partial charge is 0.170 e. The first-order chi connectivity index (χ1) is 7.72. The molecular weight excluding hydrogens is 210 g/mol. The van der Waals surface area contributed by atoms with E-state index >= 15 is 0 Å². The number of rotatable bonds is 3. The van der Waals surface area contributed by atoms with E-state index in [9.17, 15) is 4.79 Å². The molecule has 0 saturated carbocycles. The van der Waals surface area contributed by atoms with E-state index in [4.69, 9.17) is 5.73 Å². The lowest BCUT2D eigenvalue weighted by atomic mass is 9.79. The Morgan fingerprint density at radius 2 is 1.53 bits per heavy atom. The summed E-state index contributed by atoms with van der Waals surface area (Å²) in [5.74, 6) is 0.154. The molecule has 0 atom stereocenters. The Bertz CT molecular complexity index is 432. The van der Waals surface area contributed by atoms with Crippen LogP contribution in [0.4, 0.5) is 0 Å². The van der Waals surface area contributed by atoms with Crippen LogP contribution in [0.25, 0.3) is 0 Å². The zero-order chi connectivity index (χ0) is 13.4. The fourth-order valence-corrected chi connectivity index (χ4v) is 1.99. The summed E-state index contributed by atoms with van der Waals surface area (Å²) < 4.78 is 0. The SMILES string of the molecule is Cc1cc(C)c(C)c(C(=O)C(C)(C)CN)c1C. The molecular formula is C15H23NO. The number of hydrogen-bond acceptors (Lipinski definition) is 2. The van der Waals surface area contributed by atoms with Gasteiger partial charge in [0.2, 0.25) is 0 Å².